The molecule has 0 saturated heterocycles. The van der Waals surface area contributed by atoms with Gasteiger partial charge in [-0.05, 0) is 31.8 Å². The molecule has 94 valence electrons. The van der Waals surface area contributed by atoms with Crippen molar-refractivity contribution in [3.05, 3.63) is 29.8 Å². The highest BCUT2D eigenvalue weighted by Crippen LogP contribution is 2.12. The molecular formula is C13H20N2O2. The third-order valence-electron chi connectivity index (χ3n) is 2.38. The number of ether oxygens (including phenoxy) is 1. The number of amides is 1. The van der Waals surface area contributed by atoms with Crippen LogP contribution in [0.4, 0.5) is 0 Å². The van der Waals surface area contributed by atoms with Crippen LogP contribution >= 0.6 is 0 Å². The van der Waals surface area contributed by atoms with Crippen LogP contribution in [0.15, 0.2) is 24.3 Å². The minimum Gasteiger partial charge on any atom is -0.497 e. The number of nitrogens with one attached hydrogen (secondary N) is 1. The number of carbonyl (C=O) groups is 1. The second-order valence-electron chi connectivity index (χ2n) is 4.18. The van der Waals surface area contributed by atoms with Crippen molar-refractivity contribution in [2.45, 2.75) is 6.42 Å². The van der Waals surface area contributed by atoms with E-state index in [2.05, 4.69) is 5.32 Å². The van der Waals surface area contributed by atoms with Crippen molar-refractivity contribution in [1.82, 2.24) is 10.2 Å². The number of methoxy groups -OCH3 is 1. The molecule has 1 rings (SSSR count). The van der Waals surface area contributed by atoms with Gasteiger partial charge in [-0.1, -0.05) is 12.1 Å². The molecule has 0 radical (unpaired) electrons. The summed E-state index contributed by atoms with van der Waals surface area (Å²) >= 11 is 0. The van der Waals surface area contributed by atoms with Gasteiger partial charge in [-0.3, -0.25) is 4.79 Å². The van der Waals surface area contributed by atoms with Gasteiger partial charge in [-0.2, -0.15) is 0 Å². The lowest BCUT2D eigenvalue weighted by Gasteiger charge is -2.10. The van der Waals surface area contributed by atoms with Crippen molar-refractivity contribution < 1.29 is 9.53 Å². The predicted octanol–water partition coefficient (Wildman–Crippen LogP) is 0.915. The van der Waals surface area contributed by atoms with E-state index in [0.717, 1.165) is 17.9 Å². The van der Waals surface area contributed by atoms with E-state index in [0.29, 0.717) is 13.0 Å². The highest BCUT2D eigenvalue weighted by Gasteiger charge is 2.03. The van der Waals surface area contributed by atoms with Crippen molar-refractivity contribution in [2.24, 2.45) is 0 Å². The van der Waals surface area contributed by atoms with Crippen LogP contribution in [-0.2, 0) is 11.2 Å². The van der Waals surface area contributed by atoms with Gasteiger partial charge in [-0.15, -0.1) is 0 Å². The molecule has 0 heterocycles. The van der Waals surface area contributed by atoms with Crippen LogP contribution in [0, 0.1) is 0 Å². The number of nitrogens with zero attached hydrogens (tertiary/aromatic N) is 1. The third kappa shape index (κ3) is 5.36. The minimum absolute atomic E-state index is 0.0418. The van der Waals surface area contributed by atoms with Crippen LogP contribution < -0.4 is 10.1 Å². The van der Waals surface area contributed by atoms with Crippen LogP contribution in [-0.4, -0.2) is 45.1 Å². The zero-order chi connectivity index (χ0) is 12.7. The lowest BCUT2D eigenvalue weighted by Crippen LogP contribution is -2.32. The average molecular weight is 236 g/mol. The summed E-state index contributed by atoms with van der Waals surface area (Å²) in [4.78, 5) is 13.7. The summed E-state index contributed by atoms with van der Waals surface area (Å²) in [5, 5.41) is 2.88. The van der Waals surface area contributed by atoms with Gasteiger partial charge in [0.15, 0.2) is 0 Å². The van der Waals surface area contributed by atoms with E-state index in [9.17, 15) is 4.79 Å². The number of hydrogen-bond donors (Lipinski definition) is 1. The standard InChI is InChI=1S/C13H20N2O2/c1-15(2)8-7-14-13(16)10-11-5-4-6-12(9-11)17-3/h4-6,9H,7-8,10H2,1-3H3,(H,14,16). The van der Waals surface area contributed by atoms with Gasteiger partial charge in [-0.25, -0.2) is 0 Å². The molecule has 0 bridgehead atoms. The summed E-state index contributed by atoms with van der Waals surface area (Å²) in [7, 11) is 5.58. The van der Waals surface area contributed by atoms with Crippen molar-refractivity contribution in [3.8, 4) is 5.75 Å². The number of likely N-dealkylation sites (N-methyl/N-ethyl adjacent to an activating group) is 1. The SMILES string of the molecule is COc1cccc(CC(=O)NCCN(C)C)c1. The number of carbonyl (C=O) groups excluding carboxylic acids is 1. The Labute approximate surface area is 103 Å². The van der Waals surface area contributed by atoms with Gasteiger partial charge in [0.1, 0.15) is 5.75 Å². The maximum Gasteiger partial charge on any atom is 0.224 e. The second kappa shape index (κ2) is 6.91. The topological polar surface area (TPSA) is 41.6 Å². The Kier molecular flexibility index (Phi) is 5.49. The normalized spacial score (nSPS) is 10.4. The predicted molar refractivity (Wildman–Crippen MR) is 68.3 cm³/mol. The maximum absolute atomic E-state index is 11.6. The molecule has 1 N–H and O–H groups in total. The van der Waals surface area contributed by atoms with E-state index in [1.54, 1.807) is 7.11 Å². The molecule has 1 aromatic rings. The fourth-order valence-electron chi connectivity index (χ4n) is 1.45. The Balaban J connectivity index is 2.39. The Bertz CT molecular complexity index is 364. The van der Waals surface area contributed by atoms with Crippen LogP contribution in [0.5, 0.6) is 5.75 Å². The monoisotopic (exact) mass is 236 g/mol. The quantitative estimate of drug-likeness (QED) is 0.798. The second-order valence-corrected chi connectivity index (χ2v) is 4.18. The molecule has 0 spiro atoms. The van der Waals surface area contributed by atoms with Gasteiger partial charge < -0.3 is 15.0 Å². The Morgan fingerprint density at radius 2 is 2.18 bits per heavy atom. The zero-order valence-corrected chi connectivity index (χ0v) is 10.7. The van der Waals surface area contributed by atoms with E-state index in [1.165, 1.54) is 0 Å². The van der Waals surface area contributed by atoms with Crippen LogP contribution in [0.25, 0.3) is 0 Å². The molecular weight excluding hydrogens is 216 g/mol. The van der Waals surface area contributed by atoms with Crippen LogP contribution in [0.3, 0.4) is 0 Å². The first-order valence-corrected chi connectivity index (χ1v) is 5.66. The van der Waals surface area contributed by atoms with E-state index in [-0.39, 0.29) is 5.91 Å². The summed E-state index contributed by atoms with van der Waals surface area (Å²) in [5.74, 6) is 0.823. The Morgan fingerprint density at radius 3 is 2.82 bits per heavy atom. The number of benzene rings is 1. The molecule has 0 saturated carbocycles. The molecule has 0 aliphatic heterocycles. The highest BCUT2D eigenvalue weighted by atomic mass is 16.5. The van der Waals surface area contributed by atoms with Gasteiger partial charge in [0, 0.05) is 13.1 Å². The van der Waals surface area contributed by atoms with Crippen molar-refractivity contribution in [2.75, 3.05) is 34.3 Å². The summed E-state index contributed by atoms with van der Waals surface area (Å²) in [6.45, 7) is 1.53. The molecule has 4 nitrogen and oxygen atoms in total. The van der Waals surface area contributed by atoms with E-state index < -0.39 is 0 Å². The van der Waals surface area contributed by atoms with E-state index in [1.807, 2.05) is 43.3 Å². The molecule has 0 unspecified atom stereocenters. The molecule has 4 heteroatoms. The molecule has 0 aromatic heterocycles. The van der Waals surface area contributed by atoms with Crippen LogP contribution in [0.1, 0.15) is 5.56 Å². The van der Waals surface area contributed by atoms with Crippen molar-refractivity contribution in [3.63, 3.8) is 0 Å². The molecule has 17 heavy (non-hydrogen) atoms. The average Bonchev–Trinajstić information content (AvgIpc) is 2.28. The van der Waals surface area contributed by atoms with Gasteiger partial charge >= 0.3 is 0 Å². The minimum atomic E-state index is 0.0418. The third-order valence-corrected chi connectivity index (χ3v) is 2.38. The van der Waals surface area contributed by atoms with E-state index >= 15 is 0 Å². The smallest absolute Gasteiger partial charge is 0.224 e. The largest absolute Gasteiger partial charge is 0.497 e. The molecule has 1 aromatic carbocycles. The van der Waals surface area contributed by atoms with Gasteiger partial charge in [0.2, 0.25) is 5.91 Å². The van der Waals surface area contributed by atoms with Crippen molar-refractivity contribution >= 4 is 5.91 Å². The fraction of sp³-hybridized carbons (Fsp3) is 0.462. The zero-order valence-electron chi connectivity index (χ0n) is 10.7. The first kappa shape index (κ1) is 13.5. The summed E-state index contributed by atoms with van der Waals surface area (Å²) in [6.07, 6.45) is 0.393. The Morgan fingerprint density at radius 1 is 1.41 bits per heavy atom. The lowest BCUT2D eigenvalue weighted by atomic mass is 10.1. The lowest BCUT2D eigenvalue weighted by molar-refractivity contribution is -0.120. The molecule has 0 atom stereocenters. The fourth-order valence-corrected chi connectivity index (χ4v) is 1.45. The van der Waals surface area contributed by atoms with Gasteiger partial charge in [0.25, 0.3) is 0 Å². The number of rotatable bonds is 6. The molecule has 0 aliphatic rings. The molecule has 0 fully saturated rings. The van der Waals surface area contributed by atoms with Gasteiger partial charge in [0.05, 0.1) is 13.5 Å². The first-order chi connectivity index (χ1) is 8.11. The highest BCUT2D eigenvalue weighted by molar-refractivity contribution is 5.78. The Hall–Kier alpha value is -1.55. The molecule has 1 amide bonds. The summed E-state index contributed by atoms with van der Waals surface area (Å²) in [6, 6.07) is 7.56. The summed E-state index contributed by atoms with van der Waals surface area (Å²) in [5.41, 5.74) is 0.965. The number of hydrogen-bond acceptors (Lipinski definition) is 3. The van der Waals surface area contributed by atoms with E-state index in [4.69, 9.17) is 4.74 Å². The van der Waals surface area contributed by atoms with Crippen molar-refractivity contribution in [1.29, 1.82) is 0 Å². The van der Waals surface area contributed by atoms with Crippen LogP contribution in [0.2, 0.25) is 0 Å². The summed E-state index contributed by atoms with van der Waals surface area (Å²) < 4.78 is 5.11. The maximum atomic E-state index is 11.6. The molecule has 0 aliphatic carbocycles. The first-order valence-electron chi connectivity index (χ1n) is 5.66.